The van der Waals surface area contributed by atoms with Crippen molar-refractivity contribution < 1.29 is 4.79 Å². The molecule has 2 heteroatoms. The van der Waals surface area contributed by atoms with Crippen LogP contribution in [0.3, 0.4) is 0 Å². The first-order valence-corrected chi connectivity index (χ1v) is 6.31. The van der Waals surface area contributed by atoms with Gasteiger partial charge in [-0.2, -0.15) is 0 Å². The summed E-state index contributed by atoms with van der Waals surface area (Å²) in [4.78, 5) is 15.6. The highest BCUT2D eigenvalue weighted by atomic mass is 16.1. The van der Waals surface area contributed by atoms with Gasteiger partial charge in [-0.1, -0.05) is 19.3 Å². The van der Waals surface area contributed by atoms with Crippen LogP contribution in [0.1, 0.15) is 59.4 Å². The maximum absolute atomic E-state index is 12.4. The second-order valence-electron chi connectivity index (χ2n) is 5.07. The van der Waals surface area contributed by atoms with Crippen molar-refractivity contribution in [3.05, 3.63) is 22.5 Å². The number of carbonyl (C=O) groups is 1. The first-order valence-electron chi connectivity index (χ1n) is 6.31. The summed E-state index contributed by atoms with van der Waals surface area (Å²) in [6.45, 7) is 6.17. The molecule has 0 radical (unpaired) electrons. The molecule has 2 rings (SSSR count). The lowest BCUT2D eigenvalue weighted by Gasteiger charge is -2.20. The SMILES string of the molecule is Cc1[nH]c(C(=O)C2CCCCC2)c(C)c1C. The molecule has 1 aliphatic rings. The van der Waals surface area contributed by atoms with Crippen LogP contribution in [-0.2, 0) is 0 Å². The van der Waals surface area contributed by atoms with Crippen LogP contribution in [0.5, 0.6) is 0 Å². The Morgan fingerprint density at radius 3 is 2.19 bits per heavy atom. The third-order valence-corrected chi connectivity index (χ3v) is 4.03. The summed E-state index contributed by atoms with van der Waals surface area (Å²) in [6, 6.07) is 0. The number of aryl methyl sites for hydroxylation is 1. The van der Waals surface area contributed by atoms with Gasteiger partial charge in [0.15, 0.2) is 5.78 Å². The predicted octanol–water partition coefficient (Wildman–Crippen LogP) is 3.70. The number of aromatic nitrogens is 1. The van der Waals surface area contributed by atoms with E-state index in [1.54, 1.807) is 0 Å². The van der Waals surface area contributed by atoms with Crippen molar-refractivity contribution in [1.82, 2.24) is 4.98 Å². The van der Waals surface area contributed by atoms with Crippen molar-refractivity contribution in [3.63, 3.8) is 0 Å². The van der Waals surface area contributed by atoms with Gasteiger partial charge in [0, 0.05) is 11.6 Å². The molecule has 0 spiro atoms. The summed E-state index contributed by atoms with van der Waals surface area (Å²) < 4.78 is 0. The highest BCUT2D eigenvalue weighted by molar-refractivity contribution is 5.98. The van der Waals surface area contributed by atoms with Crippen LogP contribution < -0.4 is 0 Å². The van der Waals surface area contributed by atoms with Gasteiger partial charge in [0.2, 0.25) is 0 Å². The standard InChI is InChI=1S/C14H21NO/c1-9-10(2)13(15-11(9)3)14(16)12-7-5-4-6-8-12/h12,15H,4-8H2,1-3H3. The van der Waals surface area contributed by atoms with Gasteiger partial charge in [-0.15, -0.1) is 0 Å². The minimum absolute atomic E-state index is 0.268. The number of rotatable bonds is 2. The molecular weight excluding hydrogens is 198 g/mol. The molecule has 0 aromatic carbocycles. The Morgan fingerprint density at radius 1 is 1.06 bits per heavy atom. The molecule has 2 nitrogen and oxygen atoms in total. The van der Waals surface area contributed by atoms with Crippen LogP contribution in [0.4, 0.5) is 0 Å². The summed E-state index contributed by atoms with van der Waals surface area (Å²) in [7, 11) is 0. The monoisotopic (exact) mass is 219 g/mol. The minimum atomic E-state index is 0.268. The zero-order chi connectivity index (χ0) is 11.7. The summed E-state index contributed by atoms with van der Waals surface area (Å²) in [5.41, 5.74) is 4.38. The molecule has 0 atom stereocenters. The van der Waals surface area contributed by atoms with Crippen LogP contribution in [0.25, 0.3) is 0 Å². The number of aromatic amines is 1. The van der Waals surface area contributed by atoms with E-state index >= 15 is 0 Å². The van der Waals surface area contributed by atoms with Crippen molar-refractivity contribution >= 4 is 5.78 Å². The van der Waals surface area contributed by atoms with E-state index in [9.17, 15) is 4.79 Å². The first kappa shape index (κ1) is 11.4. The smallest absolute Gasteiger partial charge is 0.182 e. The van der Waals surface area contributed by atoms with E-state index in [4.69, 9.17) is 0 Å². The van der Waals surface area contributed by atoms with Crippen LogP contribution >= 0.6 is 0 Å². The molecule has 1 fully saturated rings. The van der Waals surface area contributed by atoms with Gasteiger partial charge in [-0.05, 0) is 44.7 Å². The Labute approximate surface area is 97.4 Å². The average molecular weight is 219 g/mol. The number of ketones is 1. The summed E-state index contributed by atoms with van der Waals surface area (Å²) >= 11 is 0. The number of hydrogen-bond donors (Lipinski definition) is 1. The van der Waals surface area contributed by atoms with Gasteiger partial charge in [0.1, 0.15) is 0 Å². The molecule has 1 N–H and O–H groups in total. The highest BCUT2D eigenvalue weighted by Crippen LogP contribution is 2.28. The lowest BCUT2D eigenvalue weighted by Crippen LogP contribution is -2.19. The minimum Gasteiger partial charge on any atom is -0.356 e. The Bertz CT molecular complexity index is 397. The maximum atomic E-state index is 12.4. The van der Waals surface area contributed by atoms with E-state index in [1.165, 1.54) is 24.8 Å². The van der Waals surface area contributed by atoms with Crippen LogP contribution in [0, 0.1) is 26.7 Å². The van der Waals surface area contributed by atoms with E-state index in [1.807, 2.05) is 6.92 Å². The Hall–Kier alpha value is -1.05. The number of carbonyl (C=O) groups excluding carboxylic acids is 1. The molecule has 1 aromatic rings. The molecule has 88 valence electrons. The normalized spacial score (nSPS) is 17.7. The van der Waals surface area contributed by atoms with Crippen molar-refractivity contribution in [2.45, 2.75) is 52.9 Å². The van der Waals surface area contributed by atoms with Gasteiger partial charge in [0.05, 0.1) is 5.69 Å². The Kier molecular flexibility index (Phi) is 3.17. The fourth-order valence-electron chi connectivity index (χ4n) is 2.66. The molecule has 0 aliphatic heterocycles. The van der Waals surface area contributed by atoms with Crippen molar-refractivity contribution in [2.75, 3.05) is 0 Å². The van der Waals surface area contributed by atoms with Crippen molar-refractivity contribution in [2.24, 2.45) is 5.92 Å². The zero-order valence-electron chi connectivity index (χ0n) is 10.5. The Morgan fingerprint density at radius 2 is 1.69 bits per heavy atom. The van der Waals surface area contributed by atoms with Gasteiger partial charge in [0.25, 0.3) is 0 Å². The van der Waals surface area contributed by atoms with Crippen LogP contribution in [0.15, 0.2) is 0 Å². The van der Waals surface area contributed by atoms with Crippen LogP contribution in [0.2, 0.25) is 0 Å². The second-order valence-corrected chi connectivity index (χ2v) is 5.07. The predicted molar refractivity (Wildman–Crippen MR) is 65.9 cm³/mol. The average Bonchev–Trinajstić information content (AvgIpc) is 2.57. The van der Waals surface area contributed by atoms with E-state index in [-0.39, 0.29) is 5.92 Å². The summed E-state index contributed by atoms with van der Waals surface area (Å²) in [5, 5.41) is 0. The van der Waals surface area contributed by atoms with Gasteiger partial charge in [-0.25, -0.2) is 0 Å². The van der Waals surface area contributed by atoms with Gasteiger partial charge < -0.3 is 4.98 Å². The Balaban J connectivity index is 2.22. The zero-order valence-corrected chi connectivity index (χ0v) is 10.5. The third kappa shape index (κ3) is 1.93. The largest absolute Gasteiger partial charge is 0.356 e. The molecule has 1 saturated carbocycles. The van der Waals surface area contributed by atoms with Gasteiger partial charge >= 0.3 is 0 Å². The highest BCUT2D eigenvalue weighted by Gasteiger charge is 2.25. The molecule has 0 amide bonds. The molecule has 0 bridgehead atoms. The van der Waals surface area contributed by atoms with E-state index in [0.717, 1.165) is 29.8 Å². The first-order chi connectivity index (χ1) is 7.61. The fraction of sp³-hybridized carbons (Fsp3) is 0.643. The van der Waals surface area contributed by atoms with Crippen LogP contribution in [-0.4, -0.2) is 10.8 Å². The lowest BCUT2D eigenvalue weighted by atomic mass is 9.84. The molecule has 1 heterocycles. The van der Waals surface area contributed by atoms with Crippen molar-refractivity contribution in [1.29, 1.82) is 0 Å². The lowest BCUT2D eigenvalue weighted by molar-refractivity contribution is 0.0884. The quantitative estimate of drug-likeness (QED) is 0.756. The molecule has 1 aliphatic carbocycles. The fourth-order valence-corrected chi connectivity index (χ4v) is 2.66. The third-order valence-electron chi connectivity index (χ3n) is 4.03. The maximum Gasteiger partial charge on any atom is 0.182 e. The molecule has 16 heavy (non-hydrogen) atoms. The number of nitrogens with one attached hydrogen (secondary N) is 1. The molecular formula is C14H21NO. The number of hydrogen-bond acceptors (Lipinski definition) is 1. The number of H-pyrrole nitrogens is 1. The molecule has 0 saturated heterocycles. The van der Waals surface area contributed by atoms with Crippen molar-refractivity contribution in [3.8, 4) is 0 Å². The van der Waals surface area contributed by atoms with E-state index in [0.29, 0.717) is 5.78 Å². The summed E-state index contributed by atoms with van der Waals surface area (Å²) in [5.74, 6) is 0.610. The number of Topliss-reactive ketones (excluding diaryl/α,β-unsaturated/α-hetero) is 1. The van der Waals surface area contributed by atoms with E-state index < -0.39 is 0 Å². The topological polar surface area (TPSA) is 32.9 Å². The second kappa shape index (κ2) is 4.44. The summed E-state index contributed by atoms with van der Waals surface area (Å²) in [6.07, 6.45) is 5.89. The van der Waals surface area contributed by atoms with Gasteiger partial charge in [-0.3, -0.25) is 4.79 Å². The molecule has 0 unspecified atom stereocenters. The van der Waals surface area contributed by atoms with E-state index in [2.05, 4.69) is 18.8 Å². The molecule has 1 aromatic heterocycles.